The predicted octanol–water partition coefficient (Wildman–Crippen LogP) is 4.24. The Bertz CT molecular complexity index is 602. The van der Waals surface area contributed by atoms with Crippen molar-refractivity contribution in [3.8, 4) is 0 Å². The van der Waals surface area contributed by atoms with Crippen LogP contribution >= 0.6 is 0 Å². The minimum absolute atomic E-state index is 1.07. The Morgan fingerprint density at radius 3 is 3.00 bits per heavy atom. The standard InChI is InChI=1S/C17H22N2/c1-3-4-11-18-17-13-8-6-10-15(13)19-16-12(2)7-5-9-14(16)17/h5,7,9H,3-4,6,8,10-11H2,1-2H3,(H,18,19). The summed E-state index contributed by atoms with van der Waals surface area (Å²) in [5.74, 6) is 0. The van der Waals surface area contributed by atoms with Crippen LogP contribution in [0.15, 0.2) is 18.2 Å². The van der Waals surface area contributed by atoms with Crippen LogP contribution in [0.25, 0.3) is 10.9 Å². The lowest BCUT2D eigenvalue weighted by Gasteiger charge is -2.15. The van der Waals surface area contributed by atoms with Gasteiger partial charge in [-0.25, -0.2) is 0 Å². The first-order valence-corrected chi connectivity index (χ1v) is 7.46. The number of nitrogens with one attached hydrogen (secondary N) is 1. The molecule has 1 aliphatic rings. The second-order valence-corrected chi connectivity index (χ2v) is 5.52. The first kappa shape index (κ1) is 12.5. The molecule has 100 valence electrons. The predicted molar refractivity (Wildman–Crippen MR) is 81.9 cm³/mol. The van der Waals surface area contributed by atoms with Crippen LogP contribution in [0.4, 0.5) is 5.69 Å². The number of para-hydroxylation sites is 1. The van der Waals surface area contributed by atoms with Crippen LogP contribution in [-0.2, 0) is 12.8 Å². The number of hydrogen-bond donors (Lipinski definition) is 1. The van der Waals surface area contributed by atoms with Crippen LogP contribution in [-0.4, -0.2) is 11.5 Å². The van der Waals surface area contributed by atoms with Gasteiger partial charge in [-0.05, 0) is 43.7 Å². The van der Waals surface area contributed by atoms with Crippen LogP contribution in [0, 0.1) is 6.92 Å². The average Bonchev–Trinajstić information content (AvgIpc) is 2.87. The second-order valence-electron chi connectivity index (χ2n) is 5.52. The zero-order valence-corrected chi connectivity index (χ0v) is 11.9. The molecule has 1 aromatic heterocycles. The quantitative estimate of drug-likeness (QED) is 0.825. The number of pyridine rings is 1. The van der Waals surface area contributed by atoms with Crippen LogP contribution in [0.3, 0.4) is 0 Å². The van der Waals surface area contributed by atoms with Crippen molar-refractivity contribution in [1.82, 2.24) is 4.98 Å². The molecule has 0 radical (unpaired) electrons. The van der Waals surface area contributed by atoms with Crippen LogP contribution in [0.5, 0.6) is 0 Å². The fraction of sp³-hybridized carbons (Fsp3) is 0.471. The Labute approximate surface area is 115 Å². The molecule has 19 heavy (non-hydrogen) atoms. The van der Waals surface area contributed by atoms with Crippen molar-refractivity contribution in [1.29, 1.82) is 0 Å². The van der Waals surface area contributed by atoms with Gasteiger partial charge in [0, 0.05) is 23.3 Å². The van der Waals surface area contributed by atoms with E-state index in [4.69, 9.17) is 4.98 Å². The SMILES string of the molecule is CCCCNc1c2c(nc3c(C)cccc13)CCC2. The number of fused-ring (bicyclic) bond motifs is 2. The minimum Gasteiger partial charge on any atom is -0.384 e. The highest BCUT2D eigenvalue weighted by Gasteiger charge is 2.19. The van der Waals surface area contributed by atoms with Gasteiger partial charge in [-0.2, -0.15) is 0 Å². The van der Waals surface area contributed by atoms with E-state index in [2.05, 4.69) is 37.4 Å². The summed E-state index contributed by atoms with van der Waals surface area (Å²) >= 11 is 0. The number of unbranched alkanes of at least 4 members (excludes halogenated alkanes) is 1. The summed E-state index contributed by atoms with van der Waals surface area (Å²) < 4.78 is 0. The molecule has 0 saturated carbocycles. The Kier molecular flexibility index (Phi) is 3.41. The molecular formula is C17H22N2. The maximum Gasteiger partial charge on any atom is 0.0755 e. The van der Waals surface area contributed by atoms with Gasteiger partial charge in [-0.3, -0.25) is 4.98 Å². The molecule has 0 spiro atoms. The molecule has 0 unspecified atom stereocenters. The number of rotatable bonds is 4. The van der Waals surface area contributed by atoms with Crippen molar-refractivity contribution in [3.05, 3.63) is 35.0 Å². The van der Waals surface area contributed by atoms with Gasteiger partial charge in [-0.1, -0.05) is 31.5 Å². The topological polar surface area (TPSA) is 24.9 Å². The molecule has 0 fully saturated rings. The molecule has 1 aliphatic carbocycles. The number of aryl methyl sites for hydroxylation is 2. The van der Waals surface area contributed by atoms with E-state index in [-0.39, 0.29) is 0 Å². The number of hydrogen-bond acceptors (Lipinski definition) is 2. The molecule has 1 heterocycles. The number of benzene rings is 1. The normalized spacial score (nSPS) is 13.8. The van der Waals surface area contributed by atoms with E-state index in [9.17, 15) is 0 Å². The summed E-state index contributed by atoms with van der Waals surface area (Å²) in [6.45, 7) is 5.46. The fourth-order valence-electron chi connectivity index (χ4n) is 3.02. The Morgan fingerprint density at radius 2 is 2.16 bits per heavy atom. The van der Waals surface area contributed by atoms with Crippen molar-refractivity contribution in [2.45, 2.75) is 46.0 Å². The maximum atomic E-state index is 4.90. The zero-order chi connectivity index (χ0) is 13.2. The monoisotopic (exact) mass is 254 g/mol. The molecule has 0 atom stereocenters. The third-order valence-corrected chi connectivity index (χ3v) is 4.08. The van der Waals surface area contributed by atoms with Gasteiger partial charge >= 0.3 is 0 Å². The number of nitrogens with zero attached hydrogens (tertiary/aromatic N) is 1. The Morgan fingerprint density at radius 1 is 1.26 bits per heavy atom. The molecule has 1 N–H and O–H groups in total. The fourth-order valence-corrected chi connectivity index (χ4v) is 3.02. The summed E-state index contributed by atoms with van der Waals surface area (Å²) in [7, 11) is 0. The molecule has 3 rings (SSSR count). The molecule has 1 aromatic carbocycles. The minimum atomic E-state index is 1.07. The number of anilines is 1. The zero-order valence-electron chi connectivity index (χ0n) is 11.9. The lowest BCUT2D eigenvalue weighted by molar-refractivity contribution is 0.833. The van der Waals surface area contributed by atoms with E-state index >= 15 is 0 Å². The van der Waals surface area contributed by atoms with E-state index in [1.54, 1.807) is 0 Å². The molecule has 0 saturated heterocycles. The first-order valence-electron chi connectivity index (χ1n) is 7.46. The molecule has 0 amide bonds. The highest BCUT2D eigenvalue weighted by Crippen LogP contribution is 2.34. The van der Waals surface area contributed by atoms with Crippen LogP contribution in [0.2, 0.25) is 0 Å². The molecule has 2 aromatic rings. The largest absolute Gasteiger partial charge is 0.384 e. The third-order valence-electron chi connectivity index (χ3n) is 4.08. The van der Waals surface area contributed by atoms with Gasteiger partial charge in [-0.15, -0.1) is 0 Å². The maximum absolute atomic E-state index is 4.90. The van der Waals surface area contributed by atoms with E-state index in [0.717, 1.165) is 13.0 Å². The lowest BCUT2D eigenvalue weighted by atomic mass is 10.0. The summed E-state index contributed by atoms with van der Waals surface area (Å²) in [4.78, 5) is 4.90. The van der Waals surface area contributed by atoms with Crippen LogP contribution < -0.4 is 5.32 Å². The summed E-state index contributed by atoms with van der Waals surface area (Å²) in [6.07, 6.45) is 6.03. The summed E-state index contributed by atoms with van der Waals surface area (Å²) in [5, 5.41) is 4.98. The first-order chi connectivity index (χ1) is 9.31. The van der Waals surface area contributed by atoms with Crippen molar-refractivity contribution in [2.75, 3.05) is 11.9 Å². The number of aromatic nitrogens is 1. The van der Waals surface area contributed by atoms with Gasteiger partial charge in [0.15, 0.2) is 0 Å². The van der Waals surface area contributed by atoms with Gasteiger partial charge in [0.1, 0.15) is 0 Å². The molecule has 2 nitrogen and oxygen atoms in total. The van der Waals surface area contributed by atoms with E-state index in [1.807, 2.05) is 0 Å². The molecule has 0 aliphatic heterocycles. The lowest BCUT2D eigenvalue weighted by Crippen LogP contribution is -2.06. The smallest absolute Gasteiger partial charge is 0.0755 e. The second kappa shape index (κ2) is 5.20. The van der Waals surface area contributed by atoms with Gasteiger partial charge < -0.3 is 5.32 Å². The van der Waals surface area contributed by atoms with E-state index in [0.29, 0.717) is 0 Å². The van der Waals surface area contributed by atoms with Gasteiger partial charge in [0.2, 0.25) is 0 Å². The summed E-state index contributed by atoms with van der Waals surface area (Å²) in [5.41, 5.74) is 6.61. The Hall–Kier alpha value is -1.57. The van der Waals surface area contributed by atoms with E-state index in [1.165, 1.54) is 59.1 Å². The highest BCUT2D eigenvalue weighted by atomic mass is 14.9. The third kappa shape index (κ3) is 2.20. The average molecular weight is 254 g/mol. The van der Waals surface area contributed by atoms with Crippen molar-refractivity contribution >= 4 is 16.6 Å². The van der Waals surface area contributed by atoms with Crippen LogP contribution in [0.1, 0.15) is 43.0 Å². The van der Waals surface area contributed by atoms with Crippen molar-refractivity contribution in [2.24, 2.45) is 0 Å². The van der Waals surface area contributed by atoms with Crippen molar-refractivity contribution in [3.63, 3.8) is 0 Å². The summed E-state index contributed by atoms with van der Waals surface area (Å²) in [6, 6.07) is 6.51. The molecule has 2 heteroatoms. The van der Waals surface area contributed by atoms with E-state index < -0.39 is 0 Å². The Balaban J connectivity index is 2.13. The molecule has 0 bridgehead atoms. The molecular weight excluding hydrogens is 232 g/mol. The highest BCUT2D eigenvalue weighted by molar-refractivity contribution is 5.95. The van der Waals surface area contributed by atoms with Crippen molar-refractivity contribution < 1.29 is 0 Å². The van der Waals surface area contributed by atoms with Gasteiger partial charge in [0.05, 0.1) is 5.52 Å². The van der Waals surface area contributed by atoms with Gasteiger partial charge in [0.25, 0.3) is 0 Å².